The first kappa shape index (κ1) is 11.5. The van der Waals surface area contributed by atoms with Crippen molar-refractivity contribution in [2.75, 3.05) is 5.32 Å². The zero-order valence-electron chi connectivity index (χ0n) is 10.2. The van der Waals surface area contributed by atoms with Crippen LogP contribution in [0.15, 0.2) is 12.1 Å². The fourth-order valence-electron chi connectivity index (χ4n) is 2.23. The number of thiophene rings is 1. The molecule has 1 aliphatic carbocycles. The third kappa shape index (κ3) is 2.06. The molecule has 0 aliphatic heterocycles. The van der Waals surface area contributed by atoms with Gasteiger partial charge in [-0.25, -0.2) is 0 Å². The topological polar surface area (TPSA) is 57.8 Å². The Morgan fingerprint density at radius 2 is 2.39 bits per heavy atom. The number of nitrogens with one attached hydrogen (secondary N) is 2. The summed E-state index contributed by atoms with van der Waals surface area (Å²) in [6.45, 7) is 2.04. The monoisotopic (exact) mass is 261 g/mol. The van der Waals surface area contributed by atoms with Gasteiger partial charge in [0.25, 0.3) is 5.91 Å². The van der Waals surface area contributed by atoms with E-state index in [2.05, 4.69) is 15.5 Å². The maximum absolute atomic E-state index is 12.1. The Morgan fingerprint density at radius 1 is 1.50 bits per heavy atom. The van der Waals surface area contributed by atoms with E-state index in [-0.39, 0.29) is 5.91 Å². The van der Waals surface area contributed by atoms with E-state index < -0.39 is 0 Å². The van der Waals surface area contributed by atoms with Crippen LogP contribution in [0.5, 0.6) is 0 Å². The SMILES string of the molecule is CCc1cc(NC(=O)c2cc3c(s2)CCC3)n[nH]1. The molecule has 0 radical (unpaired) electrons. The van der Waals surface area contributed by atoms with Gasteiger partial charge >= 0.3 is 0 Å². The zero-order valence-corrected chi connectivity index (χ0v) is 11.1. The fraction of sp³-hybridized carbons (Fsp3) is 0.385. The van der Waals surface area contributed by atoms with E-state index in [4.69, 9.17) is 0 Å². The Morgan fingerprint density at radius 3 is 3.11 bits per heavy atom. The highest BCUT2D eigenvalue weighted by atomic mass is 32.1. The molecule has 0 fully saturated rings. The second kappa shape index (κ2) is 4.57. The lowest BCUT2D eigenvalue weighted by atomic mass is 10.2. The quantitative estimate of drug-likeness (QED) is 0.892. The minimum Gasteiger partial charge on any atom is -0.304 e. The number of hydrogen-bond donors (Lipinski definition) is 2. The predicted molar refractivity (Wildman–Crippen MR) is 72.3 cm³/mol. The molecule has 0 aromatic carbocycles. The number of nitrogens with zero attached hydrogens (tertiary/aromatic N) is 1. The summed E-state index contributed by atoms with van der Waals surface area (Å²) >= 11 is 1.61. The Balaban J connectivity index is 1.74. The smallest absolute Gasteiger partial charge is 0.266 e. The number of H-pyrrole nitrogens is 1. The molecule has 0 atom stereocenters. The van der Waals surface area contributed by atoms with Gasteiger partial charge in [0.15, 0.2) is 5.82 Å². The molecule has 1 aliphatic rings. The second-order valence-corrected chi connectivity index (χ2v) is 5.64. The number of aryl methyl sites for hydroxylation is 3. The van der Waals surface area contributed by atoms with E-state index in [0.717, 1.165) is 29.8 Å². The first-order chi connectivity index (χ1) is 8.76. The van der Waals surface area contributed by atoms with Crippen molar-refractivity contribution in [1.29, 1.82) is 0 Å². The Labute approximate surface area is 109 Å². The van der Waals surface area contributed by atoms with Crippen LogP contribution < -0.4 is 5.32 Å². The van der Waals surface area contributed by atoms with Crippen LogP contribution in [0.4, 0.5) is 5.82 Å². The number of aromatic nitrogens is 2. The minimum atomic E-state index is -0.0523. The molecular formula is C13H15N3OS. The van der Waals surface area contributed by atoms with Gasteiger partial charge in [-0.3, -0.25) is 9.89 Å². The lowest BCUT2D eigenvalue weighted by molar-refractivity contribution is 0.103. The molecule has 0 saturated heterocycles. The van der Waals surface area contributed by atoms with Crippen molar-refractivity contribution in [3.05, 3.63) is 33.1 Å². The van der Waals surface area contributed by atoms with Gasteiger partial charge in [-0.2, -0.15) is 5.10 Å². The summed E-state index contributed by atoms with van der Waals surface area (Å²) in [6, 6.07) is 3.90. The summed E-state index contributed by atoms with van der Waals surface area (Å²) in [7, 11) is 0. The zero-order chi connectivity index (χ0) is 12.5. The molecule has 2 aromatic heterocycles. The number of anilines is 1. The number of amides is 1. The van der Waals surface area contributed by atoms with Crippen molar-refractivity contribution >= 4 is 23.1 Å². The molecule has 0 bridgehead atoms. The highest BCUT2D eigenvalue weighted by Gasteiger charge is 2.18. The summed E-state index contributed by atoms with van der Waals surface area (Å²) in [5, 5.41) is 9.78. The highest BCUT2D eigenvalue weighted by Crippen LogP contribution is 2.30. The molecule has 94 valence electrons. The number of rotatable bonds is 3. The van der Waals surface area contributed by atoms with Crippen LogP contribution in [0, 0.1) is 0 Å². The molecule has 5 heteroatoms. The summed E-state index contributed by atoms with van der Waals surface area (Å²) in [5.41, 5.74) is 2.38. The Kier molecular flexibility index (Phi) is 2.91. The Hall–Kier alpha value is -1.62. The van der Waals surface area contributed by atoms with Gasteiger partial charge in [-0.05, 0) is 37.3 Å². The van der Waals surface area contributed by atoms with Crippen molar-refractivity contribution < 1.29 is 4.79 Å². The van der Waals surface area contributed by atoms with Crippen LogP contribution in [0.1, 0.15) is 39.2 Å². The van der Waals surface area contributed by atoms with Gasteiger partial charge < -0.3 is 5.32 Å². The molecular weight excluding hydrogens is 246 g/mol. The summed E-state index contributed by atoms with van der Waals surface area (Å²) in [5.74, 6) is 0.550. The molecule has 2 aromatic rings. The third-order valence-electron chi connectivity index (χ3n) is 3.22. The van der Waals surface area contributed by atoms with Crippen LogP contribution in [-0.4, -0.2) is 16.1 Å². The summed E-state index contributed by atoms with van der Waals surface area (Å²) in [6.07, 6.45) is 4.34. The molecule has 3 rings (SSSR count). The van der Waals surface area contributed by atoms with Crippen molar-refractivity contribution in [2.45, 2.75) is 32.6 Å². The van der Waals surface area contributed by atoms with E-state index in [0.29, 0.717) is 5.82 Å². The van der Waals surface area contributed by atoms with Crippen molar-refractivity contribution in [3.8, 4) is 0 Å². The molecule has 2 heterocycles. The fourth-order valence-corrected chi connectivity index (χ4v) is 3.37. The minimum absolute atomic E-state index is 0.0523. The van der Waals surface area contributed by atoms with E-state index in [1.165, 1.54) is 16.9 Å². The molecule has 0 saturated carbocycles. The van der Waals surface area contributed by atoms with E-state index in [1.54, 1.807) is 11.3 Å². The molecule has 1 amide bonds. The first-order valence-corrected chi connectivity index (χ1v) is 7.05. The van der Waals surface area contributed by atoms with Crippen LogP contribution >= 0.6 is 11.3 Å². The van der Waals surface area contributed by atoms with Gasteiger partial charge in [0.05, 0.1) is 4.88 Å². The maximum Gasteiger partial charge on any atom is 0.266 e. The lowest BCUT2D eigenvalue weighted by Gasteiger charge is -1.98. The number of hydrogen-bond acceptors (Lipinski definition) is 3. The predicted octanol–water partition coefficient (Wildman–Crippen LogP) is 2.77. The highest BCUT2D eigenvalue weighted by molar-refractivity contribution is 7.14. The van der Waals surface area contributed by atoms with Crippen molar-refractivity contribution in [3.63, 3.8) is 0 Å². The standard InChI is InChI=1S/C13H15N3OS/c1-2-9-7-12(16-15-9)14-13(17)11-6-8-4-3-5-10(8)18-11/h6-7H,2-5H2,1H3,(H2,14,15,16,17). The number of aromatic amines is 1. The summed E-state index contributed by atoms with van der Waals surface area (Å²) < 4.78 is 0. The van der Waals surface area contributed by atoms with Crippen LogP contribution in [0.3, 0.4) is 0 Å². The van der Waals surface area contributed by atoms with E-state index in [9.17, 15) is 4.79 Å². The average Bonchev–Trinajstić information content (AvgIpc) is 3.02. The molecule has 18 heavy (non-hydrogen) atoms. The number of fused-ring (bicyclic) bond motifs is 1. The first-order valence-electron chi connectivity index (χ1n) is 6.23. The van der Waals surface area contributed by atoms with E-state index in [1.807, 2.05) is 19.1 Å². The molecule has 2 N–H and O–H groups in total. The normalized spacial score (nSPS) is 13.6. The number of carbonyl (C=O) groups is 1. The van der Waals surface area contributed by atoms with E-state index >= 15 is 0 Å². The van der Waals surface area contributed by atoms with Crippen molar-refractivity contribution in [2.24, 2.45) is 0 Å². The van der Waals surface area contributed by atoms with Crippen LogP contribution in [-0.2, 0) is 19.3 Å². The van der Waals surface area contributed by atoms with Gasteiger partial charge in [0.2, 0.25) is 0 Å². The third-order valence-corrected chi connectivity index (χ3v) is 4.46. The van der Waals surface area contributed by atoms with Gasteiger partial charge in [0.1, 0.15) is 0 Å². The average molecular weight is 261 g/mol. The largest absolute Gasteiger partial charge is 0.304 e. The summed E-state index contributed by atoms with van der Waals surface area (Å²) in [4.78, 5) is 14.2. The van der Waals surface area contributed by atoms with Crippen molar-refractivity contribution in [1.82, 2.24) is 10.2 Å². The van der Waals surface area contributed by atoms with Gasteiger partial charge in [0, 0.05) is 16.6 Å². The second-order valence-electron chi connectivity index (χ2n) is 4.50. The van der Waals surface area contributed by atoms with Crippen LogP contribution in [0.25, 0.3) is 0 Å². The van der Waals surface area contributed by atoms with Gasteiger partial charge in [-0.15, -0.1) is 11.3 Å². The molecule has 0 spiro atoms. The van der Waals surface area contributed by atoms with Crippen LogP contribution in [0.2, 0.25) is 0 Å². The number of carbonyl (C=O) groups excluding carboxylic acids is 1. The Bertz CT molecular complexity index is 563. The molecule has 0 unspecified atom stereocenters. The lowest BCUT2D eigenvalue weighted by Crippen LogP contribution is -2.10. The van der Waals surface area contributed by atoms with Gasteiger partial charge in [-0.1, -0.05) is 6.92 Å². The molecule has 4 nitrogen and oxygen atoms in total. The maximum atomic E-state index is 12.1.